The van der Waals surface area contributed by atoms with Crippen molar-refractivity contribution in [1.29, 1.82) is 0 Å². The van der Waals surface area contributed by atoms with E-state index in [1.807, 2.05) is 27.7 Å². The molecule has 3 heterocycles. The second-order valence-electron chi connectivity index (χ2n) is 11.1. The normalized spacial score (nSPS) is 21.6. The van der Waals surface area contributed by atoms with Crippen molar-refractivity contribution in [3.8, 4) is 0 Å². The molecule has 8 nitrogen and oxygen atoms in total. The number of carbonyl (C=O) groups is 3. The number of benzene rings is 1. The van der Waals surface area contributed by atoms with E-state index in [1.54, 1.807) is 10.3 Å². The molecule has 0 saturated carbocycles. The van der Waals surface area contributed by atoms with Gasteiger partial charge in [-0.25, -0.2) is 18.6 Å². The van der Waals surface area contributed by atoms with Crippen molar-refractivity contribution in [2.75, 3.05) is 26.2 Å². The van der Waals surface area contributed by atoms with Crippen molar-refractivity contribution in [3.05, 3.63) is 51.0 Å². The summed E-state index contributed by atoms with van der Waals surface area (Å²) >= 11 is 1.27. The number of amides is 3. The highest BCUT2D eigenvalue weighted by Crippen LogP contribution is 2.35. The van der Waals surface area contributed by atoms with E-state index in [2.05, 4.69) is 10.3 Å². The molecule has 1 aromatic heterocycles. The molecular weight excluding hydrogens is 514 g/mol. The number of likely N-dealkylation sites (tertiary alicyclic amines) is 2. The number of aromatic nitrogens is 1. The summed E-state index contributed by atoms with van der Waals surface area (Å²) in [5.41, 5.74) is -0.497. The van der Waals surface area contributed by atoms with Crippen molar-refractivity contribution in [1.82, 2.24) is 20.1 Å². The zero-order valence-electron chi connectivity index (χ0n) is 22.3. The van der Waals surface area contributed by atoms with Gasteiger partial charge in [0.05, 0.1) is 11.6 Å². The Balaban J connectivity index is 1.37. The number of hydrogen-bond acceptors (Lipinski definition) is 6. The van der Waals surface area contributed by atoms with Gasteiger partial charge >= 0.3 is 6.09 Å². The maximum atomic E-state index is 14.5. The first-order valence-electron chi connectivity index (χ1n) is 12.8. The summed E-state index contributed by atoms with van der Waals surface area (Å²) in [6.45, 7) is 10.8. The van der Waals surface area contributed by atoms with Crippen LogP contribution in [0, 0.1) is 30.4 Å². The Labute approximate surface area is 225 Å². The quantitative estimate of drug-likeness (QED) is 0.572. The van der Waals surface area contributed by atoms with Crippen LogP contribution >= 0.6 is 11.3 Å². The third-order valence-electron chi connectivity index (χ3n) is 7.00. The molecule has 1 aromatic carbocycles. The Morgan fingerprint density at radius 1 is 1.18 bits per heavy atom. The van der Waals surface area contributed by atoms with Crippen molar-refractivity contribution in [2.45, 2.75) is 59.1 Å². The second kappa shape index (κ2) is 11.0. The van der Waals surface area contributed by atoms with Crippen LogP contribution in [0.5, 0.6) is 0 Å². The van der Waals surface area contributed by atoms with Crippen molar-refractivity contribution in [3.63, 3.8) is 0 Å². The van der Waals surface area contributed by atoms with E-state index in [-0.39, 0.29) is 40.7 Å². The largest absolute Gasteiger partial charge is 0.444 e. The molecule has 0 aliphatic carbocycles. The fourth-order valence-corrected chi connectivity index (χ4v) is 5.81. The van der Waals surface area contributed by atoms with Gasteiger partial charge in [-0.05, 0) is 64.0 Å². The van der Waals surface area contributed by atoms with Crippen LogP contribution in [0.1, 0.15) is 78.0 Å². The highest BCUT2D eigenvalue weighted by atomic mass is 32.1. The van der Waals surface area contributed by atoms with Gasteiger partial charge in [-0.15, -0.1) is 11.3 Å². The molecule has 2 saturated heterocycles. The lowest BCUT2D eigenvalue weighted by molar-refractivity contribution is 0.0284. The van der Waals surface area contributed by atoms with Crippen molar-refractivity contribution < 1.29 is 27.9 Å². The summed E-state index contributed by atoms with van der Waals surface area (Å²) in [5.74, 6) is -2.82. The molecule has 4 rings (SSSR count). The standard InChI is InChI=1S/C27H34F2N4O4S/c1-15-8-9-18(22(29)21(15)28)25(35)33-10-6-7-20(33)24-31-19(14-38-24)23(34)30-11-17-13-32(12-16(17)2)26(36)37-27(3,4)5/h8-9,14,16-17,20H,6-7,10-13H2,1-5H3,(H,30,34)/t16-,17-,20-/m1/s1. The number of rotatable bonds is 5. The third-order valence-corrected chi connectivity index (χ3v) is 7.95. The highest BCUT2D eigenvalue weighted by Gasteiger charge is 2.36. The highest BCUT2D eigenvalue weighted by molar-refractivity contribution is 7.09. The zero-order chi connectivity index (χ0) is 27.8. The summed E-state index contributed by atoms with van der Waals surface area (Å²) < 4.78 is 34.0. The second-order valence-corrected chi connectivity index (χ2v) is 12.0. The Bertz CT molecular complexity index is 1230. The first-order valence-corrected chi connectivity index (χ1v) is 13.7. The van der Waals surface area contributed by atoms with Crippen LogP contribution in [0.15, 0.2) is 17.5 Å². The van der Waals surface area contributed by atoms with Gasteiger partial charge in [0.1, 0.15) is 16.3 Å². The van der Waals surface area contributed by atoms with Crippen LogP contribution < -0.4 is 5.32 Å². The molecule has 3 amide bonds. The SMILES string of the molecule is Cc1ccc(C(=O)N2CCC[C@@H]2c2nc(C(=O)NC[C@@H]3CN(C(=O)OC(C)(C)C)C[C@H]3C)cs2)c(F)c1F. The number of aryl methyl sites for hydroxylation is 1. The lowest BCUT2D eigenvalue weighted by atomic mass is 9.98. The minimum Gasteiger partial charge on any atom is -0.444 e. The third kappa shape index (κ3) is 5.98. The molecule has 38 heavy (non-hydrogen) atoms. The summed E-state index contributed by atoms with van der Waals surface area (Å²) in [7, 11) is 0. The van der Waals surface area contributed by atoms with E-state index in [9.17, 15) is 23.2 Å². The van der Waals surface area contributed by atoms with E-state index in [4.69, 9.17) is 4.74 Å². The van der Waals surface area contributed by atoms with Gasteiger partial charge in [-0.1, -0.05) is 13.0 Å². The Morgan fingerprint density at radius 2 is 1.92 bits per heavy atom. The first-order chi connectivity index (χ1) is 17.9. The van der Waals surface area contributed by atoms with Gasteiger partial charge in [0.25, 0.3) is 11.8 Å². The number of nitrogens with one attached hydrogen (secondary N) is 1. The van der Waals surface area contributed by atoms with Crippen molar-refractivity contribution in [2.24, 2.45) is 11.8 Å². The minimum absolute atomic E-state index is 0.0809. The molecule has 0 spiro atoms. The van der Waals surface area contributed by atoms with Crippen LogP contribution in [-0.2, 0) is 4.74 Å². The predicted octanol–water partition coefficient (Wildman–Crippen LogP) is 4.94. The number of halogens is 2. The number of ether oxygens (including phenoxy) is 1. The van der Waals surface area contributed by atoms with E-state index in [1.165, 1.54) is 35.3 Å². The van der Waals surface area contributed by atoms with Crippen LogP contribution in [0.4, 0.5) is 13.6 Å². The number of nitrogens with zero attached hydrogens (tertiary/aromatic N) is 3. The Hall–Kier alpha value is -3.08. The molecule has 0 radical (unpaired) electrons. The maximum Gasteiger partial charge on any atom is 0.410 e. The van der Waals surface area contributed by atoms with E-state index in [0.29, 0.717) is 44.0 Å². The molecule has 0 unspecified atom stereocenters. The van der Waals surface area contributed by atoms with Gasteiger partial charge in [0, 0.05) is 31.6 Å². The molecule has 2 aliphatic heterocycles. The van der Waals surface area contributed by atoms with Crippen LogP contribution in [-0.4, -0.2) is 64.5 Å². The fourth-order valence-electron chi connectivity index (χ4n) is 4.87. The monoisotopic (exact) mass is 548 g/mol. The molecule has 2 fully saturated rings. The van der Waals surface area contributed by atoms with E-state index < -0.39 is 29.2 Å². The Kier molecular flexibility index (Phi) is 8.06. The lowest BCUT2D eigenvalue weighted by Gasteiger charge is -2.24. The lowest BCUT2D eigenvalue weighted by Crippen LogP contribution is -2.36. The number of carbonyl (C=O) groups excluding carboxylic acids is 3. The van der Waals surface area contributed by atoms with Gasteiger partial charge < -0.3 is 19.9 Å². The first kappa shape index (κ1) is 27.9. The smallest absolute Gasteiger partial charge is 0.410 e. The van der Waals surface area contributed by atoms with Gasteiger partial charge in [0.2, 0.25) is 0 Å². The molecule has 0 bridgehead atoms. The number of thiazole rings is 1. The summed E-state index contributed by atoms with van der Waals surface area (Å²) in [5, 5.41) is 5.14. The molecule has 206 valence electrons. The topological polar surface area (TPSA) is 91.8 Å². The maximum absolute atomic E-state index is 14.5. The molecule has 11 heteroatoms. The van der Waals surface area contributed by atoms with Gasteiger partial charge in [0.15, 0.2) is 11.6 Å². The van der Waals surface area contributed by atoms with Crippen molar-refractivity contribution >= 4 is 29.2 Å². The van der Waals surface area contributed by atoms with Gasteiger partial charge in [-0.2, -0.15) is 0 Å². The molecule has 1 N–H and O–H groups in total. The fraction of sp³-hybridized carbons (Fsp3) is 0.556. The average Bonchev–Trinajstić information content (AvgIpc) is 3.59. The summed E-state index contributed by atoms with van der Waals surface area (Å²) in [6, 6.07) is 2.29. The minimum atomic E-state index is -1.15. The summed E-state index contributed by atoms with van der Waals surface area (Å²) in [4.78, 5) is 46.0. The Morgan fingerprint density at radius 3 is 2.63 bits per heavy atom. The van der Waals surface area contributed by atoms with Crippen LogP contribution in [0.3, 0.4) is 0 Å². The van der Waals surface area contributed by atoms with E-state index >= 15 is 0 Å². The predicted molar refractivity (Wildman–Crippen MR) is 139 cm³/mol. The average molecular weight is 549 g/mol. The number of hydrogen-bond donors (Lipinski definition) is 1. The van der Waals surface area contributed by atoms with E-state index in [0.717, 1.165) is 0 Å². The molecular formula is C27H34F2N4O4S. The molecule has 2 aromatic rings. The zero-order valence-corrected chi connectivity index (χ0v) is 23.2. The van der Waals surface area contributed by atoms with Crippen LogP contribution in [0.25, 0.3) is 0 Å². The molecule has 2 aliphatic rings. The summed E-state index contributed by atoms with van der Waals surface area (Å²) in [6.07, 6.45) is 0.962. The molecule has 3 atom stereocenters. The van der Waals surface area contributed by atoms with Crippen LogP contribution in [0.2, 0.25) is 0 Å². The van der Waals surface area contributed by atoms with Gasteiger partial charge in [-0.3, -0.25) is 9.59 Å².